The van der Waals surface area contributed by atoms with E-state index in [0.29, 0.717) is 42.0 Å². The largest absolute Gasteiger partial charge is 0.490 e. The molecule has 10 nitrogen and oxygen atoms in total. The SMILES string of the molecule is COC(=O)c1cnc(N2CCN(C(=O)NCc3ccc(Cl)c(Cl)c3)C(C(C)C)C2)cn1.O=C(O)C(F)(F)F. The van der Waals surface area contributed by atoms with Crippen LogP contribution in [0.15, 0.2) is 30.6 Å². The van der Waals surface area contributed by atoms with Crippen LogP contribution in [0.4, 0.5) is 23.8 Å². The molecule has 0 aliphatic carbocycles. The molecule has 1 aromatic heterocycles. The predicted molar refractivity (Wildman–Crippen MR) is 133 cm³/mol. The molecule has 1 atom stereocenters. The summed E-state index contributed by atoms with van der Waals surface area (Å²) in [6.07, 6.45) is -2.12. The number of ether oxygens (including phenoxy) is 1. The Labute approximate surface area is 226 Å². The van der Waals surface area contributed by atoms with Gasteiger partial charge in [0, 0.05) is 26.2 Å². The van der Waals surface area contributed by atoms with Crippen LogP contribution in [0.1, 0.15) is 29.9 Å². The molecule has 0 radical (unpaired) electrons. The van der Waals surface area contributed by atoms with Gasteiger partial charge in [-0.3, -0.25) is 0 Å². The summed E-state index contributed by atoms with van der Waals surface area (Å²) in [5.41, 5.74) is 1.04. The molecule has 0 spiro atoms. The first kappa shape index (κ1) is 30.9. The average molecular weight is 580 g/mol. The molecule has 1 fully saturated rings. The quantitative estimate of drug-likeness (QED) is 0.503. The molecule has 1 aliphatic rings. The van der Waals surface area contributed by atoms with Crippen LogP contribution in [0, 0.1) is 5.92 Å². The van der Waals surface area contributed by atoms with Crippen LogP contribution >= 0.6 is 23.2 Å². The lowest BCUT2D eigenvalue weighted by atomic mass is 10.00. The Morgan fingerprint density at radius 3 is 2.32 bits per heavy atom. The van der Waals surface area contributed by atoms with Crippen molar-refractivity contribution in [3.05, 3.63) is 51.9 Å². The maximum atomic E-state index is 12.9. The average Bonchev–Trinajstić information content (AvgIpc) is 2.88. The molecule has 3 rings (SSSR count). The fourth-order valence-electron chi connectivity index (χ4n) is 3.46. The topological polar surface area (TPSA) is 125 Å². The van der Waals surface area contributed by atoms with Crippen molar-refractivity contribution in [2.75, 3.05) is 31.6 Å². The summed E-state index contributed by atoms with van der Waals surface area (Å²) in [7, 11) is 1.30. The first-order valence-electron chi connectivity index (χ1n) is 11.2. The number of anilines is 1. The second kappa shape index (κ2) is 13.5. The molecule has 1 unspecified atom stereocenters. The van der Waals surface area contributed by atoms with Crippen molar-refractivity contribution < 1.29 is 37.4 Å². The number of nitrogens with one attached hydrogen (secondary N) is 1. The van der Waals surface area contributed by atoms with Crippen molar-refractivity contribution >= 4 is 47.0 Å². The van der Waals surface area contributed by atoms with Gasteiger partial charge in [0.05, 0.1) is 35.6 Å². The molecule has 0 bridgehead atoms. The zero-order chi connectivity index (χ0) is 28.6. The number of hydrogen-bond acceptors (Lipinski definition) is 7. The van der Waals surface area contributed by atoms with E-state index in [-0.39, 0.29) is 23.7 Å². The minimum Gasteiger partial charge on any atom is -0.475 e. The Balaban J connectivity index is 0.000000638. The monoisotopic (exact) mass is 579 g/mol. The van der Waals surface area contributed by atoms with E-state index in [0.717, 1.165) is 5.56 Å². The molecular weight excluding hydrogens is 554 g/mol. The van der Waals surface area contributed by atoms with Crippen LogP contribution in [-0.2, 0) is 16.1 Å². The number of halogens is 5. The molecule has 1 aromatic carbocycles. The number of alkyl halides is 3. The number of nitrogens with zero attached hydrogens (tertiary/aromatic N) is 4. The molecule has 15 heteroatoms. The number of aliphatic carboxylic acids is 1. The fraction of sp³-hybridized carbons (Fsp3) is 0.435. The maximum absolute atomic E-state index is 12.9. The Morgan fingerprint density at radius 2 is 1.82 bits per heavy atom. The number of aromatic nitrogens is 2. The Bertz CT molecular complexity index is 1140. The van der Waals surface area contributed by atoms with E-state index in [1.807, 2.05) is 11.0 Å². The number of rotatable bonds is 5. The summed E-state index contributed by atoms with van der Waals surface area (Å²) >= 11 is 12.0. The molecule has 208 valence electrons. The number of esters is 1. The molecule has 0 saturated carbocycles. The van der Waals surface area contributed by atoms with Gasteiger partial charge in [0.15, 0.2) is 5.69 Å². The lowest BCUT2D eigenvalue weighted by molar-refractivity contribution is -0.192. The zero-order valence-electron chi connectivity index (χ0n) is 20.6. The summed E-state index contributed by atoms with van der Waals surface area (Å²) in [5.74, 6) is -2.38. The van der Waals surface area contributed by atoms with Crippen LogP contribution in [0.2, 0.25) is 10.0 Å². The molecule has 2 N–H and O–H groups in total. The number of carbonyl (C=O) groups excluding carboxylic acids is 2. The number of urea groups is 1. The van der Waals surface area contributed by atoms with E-state index in [1.165, 1.54) is 13.3 Å². The second-order valence-corrected chi connectivity index (χ2v) is 9.23. The van der Waals surface area contributed by atoms with Gasteiger partial charge in [-0.25, -0.2) is 24.4 Å². The number of hydrogen-bond donors (Lipinski definition) is 2. The predicted octanol–water partition coefficient (Wildman–Crippen LogP) is 4.26. The van der Waals surface area contributed by atoms with Gasteiger partial charge in [0.1, 0.15) is 5.82 Å². The Morgan fingerprint density at radius 1 is 1.16 bits per heavy atom. The van der Waals surface area contributed by atoms with Crippen molar-refractivity contribution in [1.82, 2.24) is 20.2 Å². The lowest BCUT2D eigenvalue weighted by Gasteiger charge is -2.43. The van der Waals surface area contributed by atoms with Gasteiger partial charge in [-0.05, 0) is 23.6 Å². The number of methoxy groups -OCH3 is 1. The van der Waals surface area contributed by atoms with Gasteiger partial charge in [-0.1, -0.05) is 43.1 Å². The van der Waals surface area contributed by atoms with Crippen molar-refractivity contribution in [3.8, 4) is 0 Å². The number of carboxylic acids is 1. The third kappa shape index (κ3) is 8.62. The van der Waals surface area contributed by atoms with Gasteiger partial charge < -0.3 is 25.0 Å². The minimum atomic E-state index is -5.08. The van der Waals surface area contributed by atoms with Gasteiger partial charge in [0.2, 0.25) is 0 Å². The van der Waals surface area contributed by atoms with Crippen molar-refractivity contribution in [1.29, 1.82) is 0 Å². The molecule has 2 heterocycles. The number of carboxylic acid groups (broad SMARTS) is 1. The molecule has 1 saturated heterocycles. The highest BCUT2D eigenvalue weighted by Gasteiger charge is 2.38. The van der Waals surface area contributed by atoms with E-state index in [9.17, 15) is 22.8 Å². The number of piperazine rings is 1. The normalized spacial score (nSPS) is 15.4. The Kier molecular flexibility index (Phi) is 11.0. The number of amides is 2. The molecule has 2 amide bonds. The minimum absolute atomic E-state index is 0.00959. The van der Waals surface area contributed by atoms with E-state index >= 15 is 0 Å². The zero-order valence-corrected chi connectivity index (χ0v) is 22.1. The highest BCUT2D eigenvalue weighted by molar-refractivity contribution is 6.42. The van der Waals surface area contributed by atoms with Gasteiger partial charge in [-0.15, -0.1) is 0 Å². The highest BCUT2D eigenvalue weighted by atomic mass is 35.5. The summed E-state index contributed by atoms with van der Waals surface area (Å²) in [6, 6.07) is 5.16. The molecule has 38 heavy (non-hydrogen) atoms. The van der Waals surface area contributed by atoms with E-state index in [2.05, 4.69) is 38.8 Å². The van der Waals surface area contributed by atoms with Crippen molar-refractivity contribution in [3.63, 3.8) is 0 Å². The van der Waals surface area contributed by atoms with E-state index < -0.39 is 18.1 Å². The third-order valence-electron chi connectivity index (χ3n) is 5.48. The van der Waals surface area contributed by atoms with Crippen molar-refractivity contribution in [2.24, 2.45) is 5.92 Å². The summed E-state index contributed by atoms with van der Waals surface area (Å²) in [5, 5.41) is 11.0. The number of benzene rings is 1. The first-order valence-corrected chi connectivity index (χ1v) is 11.9. The molecule has 2 aromatic rings. The van der Waals surface area contributed by atoms with Crippen LogP contribution < -0.4 is 10.2 Å². The van der Waals surface area contributed by atoms with Crippen LogP contribution in [0.25, 0.3) is 0 Å². The smallest absolute Gasteiger partial charge is 0.475 e. The van der Waals surface area contributed by atoms with Gasteiger partial charge in [-0.2, -0.15) is 13.2 Å². The van der Waals surface area contributed by atoms with Gasteiger partial charge in [0.25, 0.3) is 0 Å². The highest BCUT2D eigenvalue weighted by Crippen LogP contribution is 2.24. The van der Waals surface area contributed by atoms with E-state index in [1.54, 1.807) is 18.3 Å². The van der Waals surface area contributed by atoms with Crippen LogP contribution in [-0.4, -0.2) is 76.9 Å². The van der Waals surface area contributed by atoms with E-state index in [4.69, 9.17) is 33.1 Å². The van der Waals surface area contributed by atoms with Crippen molar-refractivity contribution in [2.45, 2.75) is 32.6 Å². The molecule has 1 aliphatic heterocycles. The first-order chi connectivity index (χ1) is 17.7. The fourth-order valence-corrected chi connectivity index (χ4v) is 3.78. The second-order valence-electron chi connectivity index (χ2n) is 8.41. The van der Waals surface area contributed by atoms with Gasteiger partial charge >= 0.3 is 24.1 Å². The summed E-state index contributed by atoms with van der Waals surface area (Å²) in [4.78, 5) is 45.8. The number of carbonyl (C=O) groups is 3. The standard InChI is InChI=1S/C21H25Cl2N5O3.C2HF3O2/c1-13(2)18-12-27(19-11-24-17(10-25-19)20(29)31-3)6-7-28(18)21(30)26-9-14-4-5-15(22)16(23)8-14;3-2(4,5)1(6)7/h4-5,8,10-11,13,18H,6-7,9,12H2,1-3H3,(H,26,30);(H,6,7). The lowest BCUT2D eigenvalue weighted by Crippen LogP contribution is -2.59. The summed E-state index contributed by atoms with van der Waals surface area (Å²) in [6.45, 7) is 6.29. The molecular formula is C23H26Cl2F3N5O5. The van der Waals surface area contributed by atoms with Crippen LogP contribution in [0.3, 0.4) is 0 Å². The Hall–Kier alpha value is -3.32. The maximum Gasteiger partial charge on any atom is 0.490 e. The third-order valence-corrected chi connectivity index (χ3v) is 6.22. The van der Waals surface area contributed by atoms with Crippen LogP contribution in [0.5, 0.6) is 0 Å². The summed E-state index contributed by atoms with van der Waals surface area (Å²) < 4.78 is 36.4.